The van der Waals surface area contributed by atoms with Gasteiger partial charge in [0.2, 0.25) is 0 Å². The molecule has 1 heterocycles. The van der Waals surface area contributed by atoms with Crippen molar-refractivity contribution in [3.05, 3.63) is 20.9 Å². The van der Waals surface area contributed by atoms with E-state index in [-0.39, 0.29) is 19.7 Å². The van der Waals surface area contributed by atoms with Crippen molar-refractivity contribution >= 4 is 0 Å². The topological polar surface area (TPSA) is 127 Å². The molecule has 70 valence electrons. The number of nitrogens with zero attached hydrogens (tertiary/aromatic N) is 6. The third-order valence-electron chi connectivity index (χ3n) is 1.95. The lowest BCUT2D eigenvalue weighted by Crippen LogP contribution is -2.55. The number of hydrogen-bond donors (Lipinski definition) is 1. The van der Waals surface area contributed by atoms with Crippen LogP contribution in [0, 0.1) is 5.41 Å². The van der Waals surface area contributed by atoms with E-state index in [0.29, 0.717) is 0 Å². The highest BCUT2D eigenvalue weighted by atomic mass is 16.6. The molecule has 8 heteroatoms. The van der Waals surface area contributed by atoms with Gasteiger partial charge in [0.05, 0.1) is 12.0 Å². The molecule has 1 N–H and O–H groups in total. The summed E-state index contributed by atoms with van der Waals surface area (Å²) in [5.74, 6) is 0. The van der Waals surface area contributed by atoms with Crippen molar-refractivity contribution in [2.75, 3.05) is 19.7 Å². The van der Waals surface area contributed by atoms with Gasteiger partial charge in [-0.05, 0) is 11.1 Å². The maximum atomic E-state index is 9.22. The Balaban J connectivity index is 2.63. The van der Waals surface area contributed by atoms with Crippen molar-refractivity contribution < 1.29 is 9.84 Å². The smallest absolute Gasteiger partial charge is 0.162 e. The highest BCUT2D eigenvalue weighted by Crippen LogP contribution is 2.34. The standard InChI is InChI=1S/C5H8N6O2/c6-10-8-1-5(2-9-11-7)3-13-4(5)12/h4,12H,1-3H2. The molecule has 1 unspecified atom stereocenters. The summed E-state index contributed by atoms with van der Waals surface area (Å²) in [6.45, 7) is 0.388. The zero-order chi connectivity index (χ0) is 9.73. The first-order valence-electron chi connectivity index (χ1n) is 3.56. The highest BCUT2D eigenvalue weighted by molar-refractivity contribution is 4.93. The second-order valence-electron chi connectivity index (χ2n) is 2.80. The lowest BCUT2D eigenvalue weighted by molar-refractivity contribution is -0.279. The van der Waals surface area contributed by atoms with Crippen LogP contribution in [0.4, 0.5) is 0 Å². The zero-order valence-corrected chi connectivity index (χ0v) is 6.74. The van der Waals surface area contributed by atoms with Gasteiger partial charge in [-0.15, -0.1) is 0 Å². The maximum absolute atomic E-state index is 9.22. The first kappa shape index (κ1) is 9.63. The second-order valence-corrected chi connectivity index (χ2v) is 2.80. The molecule has 1 atom stereocenters. The number of hydrogen-bond acceptors (Lipinski definition) is 4. The van der Waals surface area contributed by atoms with E-state index >= 15 is 0 Å². The molecule has 8 nitrogen and oxygen atoms in total. The molecule has 0 amide bonds. The van der Waals surface area contributed by atoms with Crippen molar-refractivity contribution in [1.82, 2.24) is 0 Å². The Bertz CT molecular complexity index is 259. The van der Waals surface area contributed by atoms with Crippen LogP contribution in [0.25, 0.3) is 20.9 Å². The van der Waals surface area contributed by atoms with E-state index in [1.165, 1.54) is 0 Å². The van der Waals surface area contributed by atoms with E-state index in [4.69, 9.17) is 15.8 Å². The molecule has 1 fully saturated rings. The Morgan fingerprint density at radius 1 is 1.38 bits per heavy atom. The lowest BCUT2D eigenvalue weighted by atomic mass is 9.84. The monoisotopic (exact) mass is 184 g/mol. The van der Waals surface area contributed by atoms with Crippen LogP contribution in [-0.4, -0.2) is 31.1 Å². The third kappa shape index (κ3) is 1.82. The predicted molar refractivity (Wildman–Crippen MR) is 42.4 cm³/mol. The van der Waals surface area contributed by atoms with Gasteiger partial charge in [0.15, 0.2) is 6.29 Å². The molecule has 0 bridgehead atoms. The van der Waals surface area contributed by atoms with E-state index in [9.17, 15) is 5.11 Å². The molecule has 0 spiro atoms. The van der Waals surface area contributed by atoms with E-state index in [0.717, 1.165) is 0 Å². The molecule has 0 aromatic carbocycles. The summed E-state index contributed by atoms with van der Waals surface area (Å²) in [5.41, 5.74) is 15.5. The minimum atomic E-state index is -1.01. The summed E-state index contributed by atoms with van der Waals surface area (Å²) in [4.78, 5) is 5.14. The molecule has 1 aliphatic rings. The molecule has 0 aromatic rings. The Morgan fingerprint density at radius 3 is 2.15 bits per heavy atom. The van der Waals surface area contributed by atoms with E-state index in [1.807, 2.05) is 0 Å². The van der Waals surface area contributed by atoms with Crippen molar-refractivity contribution in [2.45, 2.75) is 6.29 Å². The minimum absolute atomic E-state index is 0.0731. The van der Waals surface area contributed by atoms with Gasteiger partial charge in [-0.1, -0.05) is 10.2 Å². The van der Waals surface area contributed by atoms with Crippen molar-refractivity contribution in [1.29, 1.82) is 0 Å². The maximum Gasteiger partial charge on any atom is 0.162 e. The molecule has 0 saturated carbocycles. The SMILES string of the molecule is [N-]=[N+]=NCC1(CN=[N+]=[N-])COC1O. The van der Waals surface area contributed by atoms with Gasteiger partial charge in [-0.2, -0.15) is 0 Å². The predicted octanol–water partition coefficient (Wildman–Crippen LogP) is 0.942. The molecule has 0 aliphatic carbocycles. The molecule has 1 saturated heterocycles. The van der Waals surface area contributed by atoms with Gasteiger partial charge < -0.3 is 9.84 Å². The first-order chi connectivity index (χ1) is 6.25. The highest BCUT2D eigenvalue weighted by Gasteiger charge is 2.46. The fourth-order valence-electron chi connectivity index (χ4n) is 1.04. The van der Waals surface area contributed by atoms with E-state index in [1.54, 1.807) is 0 Å². The average molecular weight is 184 g/mol. The molecule has 1 rings (SSSR count). The fraction of sp³-hybridized carbons (Fsp3) is 1.00. The van der Waals surface area contributed by atoms with E-state index < -0.39 is 11.7 Å². The van der Waals surface area contributed by atoms with Gasteiger partial charge in [-0.25, -0.2) is 0 Å². The summed E-state index contributed by atoms with van der Waals surface area (Å²) in [7, 11) is 0. The Hall–Kier alpha value is -1.46. The van der Waals surface area contributed by atoms with Crippen LogP contribution in [0.5, 0.6) is 0 Å². The van der Waals surface area contributed by atoms with E-state index in [2.05, 4.69) is 20.1 Å². The van der Waals surface area contributed by atoms with Crippen LogP contribution >= 0.6 is 0 Å². The number of aliphatic hydroxyl groups excluding tert-OH is 1. The Labute approximate surface area is 73.4 Å². The minimum Gasteiger partial charge on any atom is -0.367 e. The summed E-state index contributed by atoms with van der Waals surface area (Å²) in [6.07, 6.45) is -1.01. The Morgan fingerprint density at radius 2 is 1.92 bits per heavy atom. The first-order valence-corrected chi connectivity index (χ1v) is 3.56. The summed E-state index contributed by atoms with van der Waals surface area (Å²) in [6, 6.07) is 0. The molecule has 13 heavy (non-hydrogen) atoms. The Kier molecular flexibility index (Phi) is 2.94. The molecular formula is C5H8N6O2. The van der Waals surface area contributed by atoms with Crippen LogP contribution in [0.3, 0.4) is 0 Å². The number of rotatable bonds is 4. The normalized spacial score (nSPS) is 31.0. The van der Waals surface area contributed by atoms with Gasteiger partial charge in [0, 0.05) is 22.9 Å². The molecule has 0 radical (unpaired) electrons. The van der Waals surface area contributed by atoms with Crippen LogP contribution in [-0.2, 0) is 4.74 Å². The van der Waals surface area contributed by atoms with Crippen molar-refractivity contribution in [2.24, 2.45) is 15.6 Å². The van der Waals surface area contributed by atoms with Crippen LogP contribution in [0.1, 0.15) is 0 Å². The molecule has 1 aliphatic heterocycles. The average Bonchev–Trinajstić information content (AvgIpc) is 2.16. The number of aliphatic hydroxyl groups is 1. The van der Waals surface area contributed by atoms with Crippen LogP contribution in [0.15, 0.2) is 10.2 Å². The van der Waals surface area contributed by atoms with Crippen molar-refractivity contribution in [3.8, 4) is 0 Å². The van der Waals surface area contributed by atoms with Gasteiger partial charge in [0.25, 0.3) is 0 Å². The summed E-state index contributed by atoms with van der Waals surface area (Å²) < 4.78 is 4.73. The quantitative estimate of drug-likeness (QED) is 0.396. The fourth-order valence-corrected chi connectivity index (χ4v) is 1.04. The largest absolute Gasteiger partial charge is 0.367 e. The summed E-state index contributed by atoms with van der Waals surface area (Å²) in [5, 5.41) is 15.9. The van der Waals surface area contributed by atoms with Crippen LogP contribution in [0.2, 0.25) is 0 Å². The number of azide groups is 2. The van der Waals surface area contributed by atoms with Crippen molar-refractivity contribution in [3.63, 3.8) is 0 Å². The summed E-state index contributed by atoms with van der Waals surface area (Å²) >= 11 is 0. The van der Waals surface area contributed by atoms with Gasteiger partial charge in [0.1, 0.15) is 0 Å². The van der Waals surface area contributed by atoms with Crippen LogP contribution < -0.4 is 0 Å². The second kappa shape index (κ2) is 3.97. The molecule has 0 aromatic heterocycles. The lowest BCUT2D eigenvalue weighted by Gasteiger charge is -2.44. The zero-order valence-electron chi connectivity index (χ0n) is 6.74. The van der Waals surface area contributed by atoms with Gasteiger partial charge >= 0.3 is 0 Å². The molecular weight excluding hydrogens is 176 g/mol. The van der Waals surface area contributed by atoms with Gasteiger partial charge in [-0.3, -0.25) is 0 Å². The number of ether oxygens (including phenoxy) is 1. The third-order valence-corrected chi connectivity index (χ3v) is 1.95.